The fraction of sp³-hybridized carbons (Fsp3) is 0.700. The molecule has 1 aliphatic carbocycles. The molecule has 0 amide bonds. The fourth-order valence-corrected chi connectivity index (χ4v) is 4.50. The van der Waals surface area contributed by atoms with Crippen molar-refractivity contribution in [2.45, 2.75) is 76.4 Å². The molecule has 142 valence electrons. The van der Waals surface area contributed by atoms with Gasteiger partial charge < -0.3 is 20.4 Å². The molecule has 3 N–H and O–H groups in total. The maximum atomic E-state index is 5.54. The topological polar surface area (TPSA) is 74.9 Å². The SMILES string of the molecule is CC(C)NC1CCC(Nc2ncnc3[nH]cc(C4CCOCC4)c23)CC1. The van der Waals surface area contributed by atoms with E-state index >= 15 is 0 Å². The van der Waals surface area contributed by atoms with Gasteiger partial charge in [-0.15, -0.1) is 0 Å². The van der Waals surface area contributed by atoms with Crippen molar-refractivity contribution in [2.75, 3.05) is 18.5 Å². The van der Waals surface area contributed by atoms with E-state index in [9.17, 15) is 0 Å². The van der Waals surface area contributed by atoms with Crippen LogP contribution >= 0.6 is 0 Å². The Kier molecular flexibility index (Phi) is 5.41. The van der Waals surface area contributed by atoms with E-state index in [1.807, 2.05) is 0 Å². The van der Waals surface area contributed by atoms with Gasteiger partial charge in [0.1, 0.15) is 17.8 Å². The molecule has 1 aliphatic heterocycles. The Balaban J connectivity index is 1.49. The van der Waals surface area contributed by atoms with Crippen LogP contribution in [-0.4, -0.2) is 46.3 Å². The van der Waals surface area contributed by atoms with Crippen molar-refractivity contribution in [3.05, 3.63) is 18.1 Å². The van der Waals surface area contributed by atoms with Crippen LogP contribution in [0.25, 0.3) is 11.0 Å². The minimum atomic E-state index is 0.496. The molecule has 2 aromatic rings. The number of nitrogens with one attached hydrogen (secondary N) is 3. The monoisotopic (exact) mass is 357 g/mol. The number of nitrogens with zero attached hydrogens (tertiary/aromatic N) is 2. The zero-order valence-electron chi connectivity index (χ0n) is 15.9. The Bertz CT molecular complexity index is 714. The van der Waals surface area contributed by atoms with E-state index in [0.29, 0.717) is 24.0 Å². The predicted molar refractivity (Wildman–Crippen MR) is 105 cm³/mol. The average molecular weight is 358 g/mol. The first-order valence-electron chi connectivity index (χ1n) is 10.1. The molecule has 3 heterocycles. The average Bonchev–Trinajstić information content (AvgIpc) is 3.09. The third-order valence-corrected chi connectivity index (χ3v) is 5.80. The molecular formula is C20H31N5O. The normalized spacial score (nSPS) is 25.0. The fourth-order valence-electron chi connectivity index (χ4n) is 4.50. The summed E-state index contributed by atoms with van der Waals surface area (Å²) in [6.45, 7) is 6.15. The van der Waals surface area contributed by atoms with Crippen LogP contribution in [0, 0.1) is 0 Å². The lowest BCUT2D eigenvalue weighted by Gasteiger charge is -2.31. The highest BCUT2D eigenvalue weighted by Crippen LogP contribution is 2.35. The van der Waals surface area contributed by atoms with Crippen molar-refractivity contribution in [3.63, 3.8) is 0 Å². The van der Waals surface area contributed by atoms with Crippen LogP contribution in [0.4, 0.5) is 5.82 Å². The lowest BCUT2D eigenvalue weighted by molar-refractivity contribution is 0.0856. The summed E-state index contributed by atoms with van der Waals surface area (Å²) in [5.41, 5.74) is 2.29. The van der Waals surface area contributed by atoms with Crippen LogP contribution in [-0.2, 0) is 4.74 Å². The quantitative estimate of drug-likeness (QED) is 0.763. The van der Waals surface area contributed by atoms with Gasteiger partial charge in [-0.25, -0.2) is 9.97 Å². The molecule has 0 atom stereocenters. The standard InChI is InChI=1S/C20H31N5O/c1-13(2)24-15-3-5-16(6-4-15)25-20-18-17(14-7-9-26-10-8-14)11-21-19(18)22-12-23-20/h11-16,24H,3-10H2,1-2H3,(H2,21,22,23,25). The first-order chi connectivity index (χ1) is 12.7. The summed E-state index contributed by atoms with van der Waals surface area (Å²) in [5, 5.41) is 8.59. The van der Waals surface area contributed by atoms with Gasteiger partial charge in [0.15, 0.2) is 0 Å². The number of H-pyrrole nitrogens is 1. The summed E-state index contributed by atoms with van der Waals surface area (Å²) in [4.78, 5) is 12.4. The van der Waals surface area contributed by atoms with Crippen molar-refractivity contribution in [2.24, 2.45) is 0 Å². The van der Waals surface area contributed by atoms with Gasteiger partial charge in [0.05, 0.1) is 5.39 Å². The van der Waals surface area contributed by atoms with Crippen LogP contribution in [0.15, 0.2) is 12.5 Å². The lowest BCUT2D eigenvalue weighted by Crippen LogP contribution is -2.40. The van der Waals surface area contributed by atoms with Crippen LogP contribution in [0.2, 0.25) is 0 Å². The number of aromatic amines is 1. The van der Waals surface area contributed by atoms with Crippen molar-refractivity contribution in [3.8, 4) is 0 Å². The van der Waals surface area contributed by atoms with Gasteiger partial charge in [-0.3, -0.25) is 0 Å². The minimum absolute atomic E-state index is 0.496. The molecular weight excluding hydrogens is 326 g/mol. The Hall–Kier alpha value is -1.66. The second kappa shape index (κ2) is 7.92. The number of anilines is 1. The van der Waals surface area contributed by atoms with Gasteiger partial charge in [-0.1, -0.05) is 13.8 Å². The molecule has 0 bridgehead atoms. The molecule has 0 spiro atoms. The summed E-state index contributed by atoms with van der Waals surface area (Å²) in [6, 6.07) is 1.71. The highest BCUT2D eigenvalue weighted by molar-refractivity contribution is 5.90. The van der Waals surface area contributed by atoms with Crippen LogP contribution < -0.4 is 10.6 Å². The Morgan fingerprint density at radius 3 is 2.50 bits per heavy atom. The Labute approximate surface area is 155 Å². The number of ether oxygens (including phenoxy) is 1. The van der Waals surface area contributed by atoms with Crippen LogP contribution in [0.5, 0.6) is 0 Å². The molecule has 1 saturated heterocycles. The number of aromatic nitrogens is 3. The summed E-state index contributed by atoms with van der Waals surface area (Å²) < 4.78 is 5.54. The molecule has 2 aromatic heterocycles. The number of rotatable bonds is 5. The largest absolute Gasteiger partial charge is 0.381 e. The van der Waals surface area contributed by atoms with Crippen LogP contribution in [0.3, 0.4) is 0 Å². The van der Waals surface area contributed by atoms with Crippen molar-refractivity contribution in [1.82, 2.24) is 20.3 Å². The van der Waals surface area contributed by atoms with Gasteiger partial charge >= 0.3 is 0 Å². The molecule has 2 fully saturated rings. The van der Waals surface area contributed by atoms with E-state index in [4.69, 9.17) is 4.74 Å². The number of hydrogen-bond donors (Lipinski definition) is 3. The third-order valence-electron chi connectivity index (χ3n) is 5.80. The van der Waals surface area contributed by atoms with E-state index < -0.39 is 0 Å². The highest BCUT2D eigenvalue weighted by Gasteiger charge is 2.25. The third kappa shape index (κ3) is 3.86. The van der Waals surface area contributed by atoms with Gasteiger partial charge in [-0.2, -0.15) is 0 Å². The predicted octanol–water partition coefficient (Wildman–Crippen LogP) is 3.57. The van der Waals surface area contributed by atoms with Gasteiger partial charge in [-0.05, 0) is 50.0 Å². The highest BCUT2D eigenvalue weighted by atomic mass is 16.5. The van der Waals surface area contributed by atoms with Gasteiger partial charge in [0.2, 0.25) is 0 Å². The van der Waals surface area contributed by atoms with Gasteiger partial charge in [0, 0.05) is 37.5 Å². The molecule has 6 nitrogen and oxygen atoms in total. The van der Waals surface area contributed by atoms with E-state index in [-0.39, 0.29) is 0 Å². The molecule has 6 heteroatoms. The minimum Gasteiger partial charge on any atom is -0.381 e. The Morgan fingerprint density at radius 1 is 1.04 bits per heavy atom. The number of hydrogen-bond acceptors (Lipinski definition) is 5. The van der Waals surface area contributed by atoms with Crippen molar-refractivity contribution >= 4 is 16.9 Å². The molecule has 0 unspecified atom stereocenters. The summed E-state index contributed by atoms with van der Waals surface area (Å²) in [6.07, 6.45) is 10.8. The number of fused-ring (bicyclic) bond motifs is 1. The maximum absolute atomic E-state index is 5.54. The molecule has 2 aliphatic rings. The first kappa shape index (κ1) is 17.7. The molecule has 1 saturated carbocycles. The molecule has 0 aromatic carbocycles. The second-order valence-electron chi connectivity index (χ2n) is 8.09. The van der Waals surface area contributed by atoms with E-state index in [2.05, 4.69) is 45.6 Å². The van der Waals surface area contributed by atoms with E-state index in [1.54, 1.807) is 6.33 Å². The van der Waals surface area contributed by atoms with Gasteiger partial charge in [0.25, 0.3) is 0 Å². The van der Waals surface area contributed by atoms with E-state index in [0.717, 1.165) is 37.5 Å². The van der Waals surface area contributed by atoms with Crippen molar-refractivity contribution < 1.29 is 4.74 Å². The Morgan fingerprint density at radius 2 is 1.77 bits per heavy atom. The molecule has 4 rings (SSSR count). The summed E-state index contributed by atoms with van der Waals surface area (Å²) in [7, 11) is 0. The van der Waals surface area contributed by atoms with Crippen LogP contribution in [0.1, 0.15) is 63.9 Å². The summed E-state index contributed by atoms with van der Waals surface area (Å²) >= 11 is 0. The maximum Gasteiger partial charge on any atom is 0.143 e. The van der Waals surface area contributed by atoms with Crippen molar-refractivity contribution in [1.29, 1.82) is 0 Å². The zero-order chi connectivity index (χ0) is 17.9. The first-order valence-corrected chi connectivity index (χ1v) is 10.1. The smallest absolute Gasteiger partial charge is 0.143 e. The second-order valence-corrected chi connectivity index (χ2v) is 8.09. The molecule has 0 radical (unpaired) electrons. The van der Waals surface area contributed by atoms with E-state index in [1.165, 1.54) is 36.6 Å². The summed E-state index contributed by atoms with van der Waals surface area (Å²) in [5.74, 6) is 1.54. The zero-order valence-corrected chi connectivity index (χ0v) is 15.9. The molecule has 26 heavy (non-hydrogen) atoms. The lowest BCUT2D eigenvalue weighted by atomic mass is 9.90.